The van der Waals surface area contributed by atoms with Crippen LogP contribution in [0.25, 0.3) is 0 Å². The summed E-state index contributed by atoms with van der Waals surface area (Å²) >= 11 is 0. The molecule has 170 valence electrons. The number of aliphatic carboxylic acids is 1. The Morgan fingerprint density at radius 3 is 2.75 bits per heavy atom. The highest BCUT2D eigenvalue weighted by molar-refractivity contribution is 6.02. The fourth-order valence-corrected chi connectivity index (χ4v) is 6.89. The maximum atomic E-state index is 13.5. The van der Waals surface area contributed by atoms with E-state index >= 15 is 0 Å². The third-order valence-corrected chi connectivity index (χ3v) is 8.44. The standard InChI is InChI=1S/C25H28O7/c1-4-5-13-8-25(23(29)30)16(14-6-19-22(20(13)14)32-11-31-19)7-17(27)21-15(10-26)12(2)18(28)9-24(21,25)3/h7-8,10,12,15,18,21,28H,4-6,9,11H2,1-3H3,(H,29,30)/t12-,15?,18-,21?,24-,25-/m0/s1. The fourth-order valence-electron chi connectivity index (χ4n) is 6.89. The van der Waals surface area contributed by atoms with Crippen LogP contribution in [0.2, 0.25) is 0 Å². The Labute approximate surface area is 186 Å². The minimum atomic E-state index is -1.53. The van der Waals surface area contributed by atoms with E-state index in [4.69, 9.17) is 9.47 Å². The molecule has 0 radical (unpaired) electrons. The number of hydrogen-bond donors (Lipinski definition) is 2. The van der Waals surface area contributed by atoms with Gasteiger partial charge in [0.1, 0.15) is 17.5 Å². The minimum Gasteiger partial charge on any atom is -0.480 e. The second-order valence-corrected chi connectivity index (χ2v) is 9.92. The zero-order chi connectivity index (χ0) is 23.0. The van der Waals surface area contributed by atoms with Crippen LogP contribution in [0.5, 0.6) is 0 Å². The number of hydrogen-bond acceptors (Lipinski definition) is 6. The second kappa shape index (κ2) is 6.91. The van der Waals surface area contributed by atoms with Crippen molar-refractivity contribution in [2.45, 2.75) is 52.6 Å². The van der Waals surface area contributed by atoms with Gasteiger partial charge in [-0.05, 0) is 41.6 Å². The molecular weight excluding hydrogens is 412 g/mol. The third kappa shape index (κ3) is 2.37. The topological polar surface area (TPSA) is 110 Å². The van der Waals surface area contributed by atoms with Gasteiger partial charge in [-0.3, -0.25) is 9.59 Å². The average Bonchev–Trinajstić information content (AvgIpc) is 3.32. The van der Waals surface area contributed by atoms with Gasteiger partial charge in [0.05, 0.1) is 6.10 Å². The summed E-state index contributed by atoms with van der Waals surface area (Å²) in [6.07, 6.45) is 5.01. The van der Waals surface area contributed by atoms with Crippen LogP contribution >= 0.6 is 0 Å². The average molecular weight is 440 g/mol. The molecule has 1 fully saturated rings. The molecule has 0 amide bonds. The summed E-state index contributed by atoms with van der Waals surface area (Å²) < 4.78 is 11.4. The number of ether oxygens (including phenoxy) is 2. The number of fused-ring (bicyclic) bond motifs is 5. The molecule has 32 heavy (non-hydrogen) atoms. The number of ketones is 1. The molecule has 1 saturated carbocycles. The lowest BCUT2D eigenvalue weighted by Gasteiger charge is -2.59. The van der Waals surface area contributed by atoms with Gasteiger partial charge in [0.25, 0.3) is 0 Å². The lowest BCUT2D eigenvalue weighted by atomic mass is 9.42. The van der Waals surface area contributed by atoms with Crippen molar-refractivity contribution in [3.05, 3.63) is 46.0 Å². The molecule has 2 unspecified atom stereocenters. The van der Waals surface area contributed by atoms with Crippen molar-refractivity contribution in [2.75, 3.05) is 6.79 Å². The first kappa shape index (κ1) is 21.2. The molecule has 0 aromatic carbocycles. The molecule has 7 heteroatoms. The van der Waals surface area contributed by atoms with E-state index < -0.39 is 40.7 Å². The van der Waals surface area contributed by atoms with Crippen LogP contribution in [0.4, 0.5) is 0 Å². The fraction of sp³-hybridized carbons (Fsp3) is 0.560. The predicted octanol–water partition coefficient (Wildman–Crippen LogP) is 3.06. The molecule has 2 N–H and O–H groups in total. The summed E-state index contributed by atoms with van der Waals surface area (Å²) in [5, 5.41) is 21.6. The molecule has 1 aliphatic heterocycles. The summed E-state index contributed by atoms with van der Waals surface area (Å²) in [5.74, 6) is -1.99. The number of carbonyl (C=O) groups is 3. The van der Waals surface area contributed by atoms with E-state index in [0.29, 0.717) is 29.9 Å². The van der Waals surface area contributed by atoms with Crippen LogP contribution in [-0.4, -0.2) is 41.1 Å². The number of rotatable bonds is 4. The molecular formula is C25H28O7. The van der Waals surface area contributed by atoms with Gasteiger partial charge in [0.15, 0.2) is 11.5 Å². The van der Waals surface area contributed by atoms with Gasteiger partial charge in [-0.15, -0.1) is 0 Å². The largest absolute Gasteiger partial charge is 0.480 e. The van der Waals surface area contributed by atoms with Crippen molar-refractivity contribution < 1.29 is 34.1 Å². The highest BCUT2D eigenvalue weighted by Gasteiger charge is 2.68. The summed E-state index contributed by atoms with van der Waals surface area (Å²) in [6.45, 7) is 5.67. The van der Waals surface area contributed by atoms with Crippen molar-refractivity contribution in [1.29, 1.82) is 0 Å². The lowest BCUT2D eigenvalue weighted by molar-refractivity contribution is -0.170. The zero-order valence-corrected chi connectivity index (χ0v) is 18.5. The van der Waals surface area contributed by atoms with Crippen molar-refractivity contribution in [3.8, 4) is 0 Å². The Kier molecular flexibility index (Phi) is 4.58. The molecule has 0 aromatic rings. The quantitative estimate of drug-likeness (QED) is 0.647. The molecule has 0 spiro atoms. The Morgan fingerprint density at radius 1 is 1.34 bits per heavy atom. The molecule has 6 atom stereocenters. The molecule has 4 aliphatic carbocycles. The number of carbonyl (C=O) groups excluding carboxylic acids is 2. The van der Waals surface area contributed by atoms with Crippen LogP contribution in [0.1, 0.15) is 46.5 Å². The van der Waals surface area contributed by atoms with Gasteiger partial charge < -0.3 is 24.5 Å². The number of allylic oxidation sites excluding steroid dienone is 3. The van der Waals surface area contributed by atoms with Crippen LogP contribution < -0.4 is 0 Å². The van der Waals surface area contributed by atoms with Gasteiger partial charge in [-0.25, -0.2) is 0 Å². The number of carboxylic acid groups (broad SMARTS) is 1. The third-order valence-electron chi connectivity index (χ3n) is 8.44. The molecule has 0 aromatic heterocycles. The zero-order valence-electron chi connectivity index (χ0n) is 18.5. The van der Waals surface area contributed by atoms with E-state index in [1.807, 2.05) is 6.92 Å². The van der Waals surface area contributed by atoms with Gasteiger partial charge in [0.2, 0.25) is 6.79 Å². The highest BCUT2D eigenvalue weighted by atomic mass is 16.7. The lowest BCUT2D eigenvalue weighted by Crippen LogP contribution is -2.63. The van der Waals surface area contributed by atoms with Gasteiger partial charge in [-0.2, -0.15) is 0 Å². The Bertz CT molecular complexity index is 1060. The van der Waals surface area contributed by atoms with Gasteiger partial charge >= 0.3 is 5.97 Å². The number of aldehydes is 1. The Hall–Kier alpha value is -2.67. The van der Waals surface area contributed by atoms with E-state index in [2.05, 4.69) is 0 Å². The monoisotopic (exact) mass is 440 g/mol. The smallest absolute Gasteiger partial charge is 0.318 e. The normalized spacial score (nSPS) is 39.8. The maximum absolute atomic E-state index is 13.5. The van der Waals surface area contributed by atoms with Crippen molar-refractivity contribution >= 4 is 18.0 Å². The van der Waals surface area contributed by atoms with E-state index in [1.165, 1.54) is 6.08 Å². The van der Waals surface area contributed by atoms with E-state index in [0.717, 1.165) is 29.4 Å². The number of aliphatic hydroxyl groups excluding tert-OH is 1. The van der Waals surface area contributed by atoms with E-state index in [1.54, 1.807) is 19.9 Å². The SMILES string of the molecule is CCCC1=C[C@@]2(C(=O)O)C(=CC(=O)C3C(C=O)[C@H](C)[C@@H](O)C[C@@]32C)C2=C1C1=C(C2)OCO1. The highest BCUT2D eigenvalue weighted by Crippen LogP contribution is 2.67. The summed E-state index contributed by atoms with van der Waals surface area (Å²) in [7, 11) is 0. The van der Waals surface area contributed by atoms with Crippen LogP contribution in [-0.2, 0) is 23.9 Å². The maximum Gasteiger partial charge on any atom is 0.318 e. The second-order valence-electron chi connectivity index (χ2n) is 9.92. The first-order valence-electron chi connectivity index (χ1n) is 11.3. The van der Waals surface area contributed by atoms with Crippen molar-refractivity contribution in [2.24, 2.45) is 28.6 Å². The first-order valence-corrected chi connectivity index (χ1v) is 11.3. The predicted molar refractivity (Wildman–Crippen MR) is 113 cm³/mol. The molecule has 0 saturated heterocycles. The van der Waals surface area contributed by atoms with Crippen molar-refractivity contribution in [3.63, 3.8) is 0 Å². The summed E-state index contributed by atoms with van der Waals surface area (Å²) in [4.78, 5) is 38.7. The Balaban J connectivity index is 1.79. The van der Waals surface area contributed by atoms with Crippen LogP contribution in [0.15, 0.2) is 46.0 Å². The van der Waals surface area contributed by atoms with Gasteiger partial charge in [-0.1, -0.05) is 33.3 Å². The van der Waals surface area contributed by atoms with E-state index in [-0.39, 0.29) is 19.0 Å². The molecule has 7 nitrogen and oxygen atoms in total. The number of carboxylic acids is 1. The minimum absolute atomic E-state index is 0.122. The number of aliphatic hydroxyl groups is 1. The molecule has 5 aliphatic rings. The Morgan fingerprint density at radius 2 is 2.09 bits per heavy atom. The van der Waals surface area contributed by atoms with Crippen LogP contribution in [0, 0.1) is 28.6 Å². The van der Waals surface area contributed by atoms with E-state index in [9.17, 15) is 24.6 Å². The van der Waals surface area contributed by atoms with Gasteiger partial charge in [0, 0.05) is 29.2 Å². The molecule has 5 rings (SSSR count). The molecule has 0 bridgehead atoms. The first-order chi connectivity index (χ1) is 15.2. The molecule has 1 heterocycles. The van der Waals surface area contributed by atoms with Crippen LogP contribution in [0.3, 0.4) is 0 Å². The summed E-state index contributed by atoms with van der Waals surface area (Å²) in [6, 6.07) is 0. The van der Waals surface area contributed by atoms with Crippen molar-refractivity contribution in [1.82, 2.24) is 0 Å². The summed E-state index contributed by atoms with van der Waals surface area (Å²) in [5.41, 5.74) is 0.209.